The minimum absolute atomic E-state index is 0.337. The van der Waals surface area contributed by atoms with Crippen molar-refractivity contribution in [1.29, 1.82) is 0 Å². The molecular weight excluding hydrogens is 306 g/mol. The smallest absolute Gasteiger partial charge is 0.352 e. The van der Waals surface area contributed by atoms with Gasteiger partial charge in [0.25, 0.3) is 0 Å². The summed E-state index contributed by atoms with van der Waals surface area (Å²) in [5.74, 6) is -0.886. The molecule has 0 aliphatic carbocycles. The number of aromatic carboxylic acids is 1. The van der Waals surface area contributed by atoms with Gasteiger partial charge in [-0.2, -0.15) is 0 Å². The maximum Gasteiger partial charge on any atom is 0.352 e. The number of nitrogens with zero attached hydrogens (tertiary/aromatic N) is 1. The Balaban J connectivity index is 2.58. The van der Waals surface area contributed by atoms with Gasteiger partial charge in [0.1, 0.15) is 5.69 Å². The Morgan fingerprint density at radius 2 is 2.05 bits per heavy atom. The zero-order valence-electron chi connectivity index (χ0n) is 11.0. The SMILES string of the molecule is CCCn1c(C(=O)O)ccc1-c1ccc(C)cc1Br. The summed E-state index contributed by atoms with van der Waals surface area (Å²) in [7, 11) is 0. The highest BCUT2D eigenvalue weighted by atomic mass is 79.9. The molecule has 0 saturated carbocycles. The minimum atomic E-state index is -0.886. The molecule has 0 spiro atoms. The molecule has 0 atom stereocenters. The number of hydrogen-bond acceptors (Lipinski definition) is 1. The predicted molar refractivity (Wildman–Crippen MR) is 79.6 cm³/mol. The van der Waals surface area contributed by atoms with Crippen LogP contribution in [0.5, 0.6) is 0 Å². The van der Waals surface area contributed by atoms with E-state index in [-0.39, 0.29) is 0 Å². The molecule has 19 heavy (non-hydrogen) atoms. The van der Waals surface area contributed by atoms with Crippen molar-refractivity contribution in [2.24, 2.45) is 0 Å². The van der Waals surface area contributed by atoms with E-state index in [1.165, 1.54) is 5.56 Å². The quantitative estimate of drug-likeness (QED) is 0.910. The summed E-state index contributed by atoms with van der Waals surface area (Å²) in [4.78, 5) is 11.2. The van der Waals surface area contributed by atoms with Crippen molar-refractivity contribution in [1.82, 2.24) is 4.57 Å². The van der Waals surface area contributed by atoms with E-state index in [1.54, 1.807) is 6.07 Å². The van der Waals surface area contributed by atoms with Gasteiger partial charge in [0.05, 0.1) is 0 Å². The summed E-state index contributed by atoms with van der Waals surface area (Å²) in [5.41, 5.74) is 3.46. The largest absolute Gasteiger partial charge is 0.477 e. The number of hydrogen-bond donors (Lipinski definition) is 1. The van der Waals surface area contributed by atoms with Gasteiger partial charge in [-0.05, 0) is 37.1 Å². The third-order valence-electron chi connectivity index (χ3n) is 3.05. The second-order valence-electron chi connectivity index (χ2n) is 4.54. The zero-order valence-corrected chi connectivity index (χ0v) is 12.6. The number of carboxylic acids is 1. The molecule has 0 unspecified atom stereocenters. The topological polar surface area (TPSA) is 42.2 Å². The molecule has 4 heteroatoms. The first-order chi connectivity index (χ1) is 9.04. The van der Waals surface area contributed by atoms with Crippen LogP contribution in [-0.4, -0.2) is 15.6 Å². The molecule has 0 radical (unpaired) electrons. The molecule has 0 aliphatic heterocycles. The number of aryl methyl sites for hydroxylation is 1. The van der Waals surface area contributed by atoms with Gasteiger partial charge in [0, 0.05) is 22.3 Å². The van der Waals surface area contributed by atoms with E-state index in [2.05, 4.69) is 15.9 Å². The van der Waals surface area contributed by atoms with Crippen molar-refractivity contribution < 1.29 is 9.90 Å². The van der Waals surface area contributed by atoms with Crippen molar-refractivity contribution in [3.63, 3.8) is 0 Å². The monoisotopic (exact) mass is 321 g/mol. The van der Waals surface area contributed by atoms with Crippen LogP contribution >= 0.6 is 15.9 Å². The molecule has 0 bridgehead atoms. The maximum absolute atomic E-state index is 11.2. The summed E-state index contributed by atoms with van der Waals surface area (Å²) < 4.78 is 2.84. The maximum atomic E-state index is 11.2. The van der Waals surface area contributed by atoms with Crippen LogP contribution in [-0.2, 0) is 6.54 Å². The van der Waals surface area contributed by atoms with Crippen LogP contribution < -0.4 is 0 Å². The lowest BCUT2D eigenvalue weighted by atomic mass is 10.1. The van der Waals surface area contributed by atoms with Crippen LogP contribution in [0.1, 0.15) is 29.4 Å². The van der Waals surface area contributed by atoms with Crippen molar-refractivity contribution in [3.05, 3.63) is 46.1 Å². The van der Waals surface area contributed by atoms with E-state index in [0.29, 0.717) is 12.2 Å². The number of halogens is 1. The molecule has 2 aromatic rings. The number of rotatable bonds is 4. The lowest BCUT2D eigenvalue weighted by Gasteiger charge is -2.12. The Hall–Kier alpha value is -1.55. The predicted octanol–water partition coefficient (Wildman–Crippen LogP) is 4.33. The minimum Gasteiger partial charge on any atom is -0.477 e. The average molecular weight is 322 g/mol. The van der Waals surface area contributed by atoms with Gasteiger partial charge in [0.2, 0.25) is 0 Å². The van der Waals surface area contributed by atoms with Crippen LogP contribution in [0.15, 0.2) is 34.8 Å². The zero-order chi connectivity index (χ0) is 14.0. The summed E-state index contributed by atoms with van der Waals surface area (Å²) in [6, 6.07) is 9.63. The van der Waals surface area contributed by atoms with Gasteiger partial charge in [-0.3, -0.25) is 0 Å². The first kappa shape index (κ1) is 13.9. The standard InChI is InChI=1S/C15H16BrNO2/c1-3-8-17-13(6-7-14(17)15(18)19)11-5-4-10(2)9-12(11)16/h4-7,9H,3,8H2,1-2H3,(H,18,19). The van der Waals surface area contributed by atoms with E-state index in [0.717, 1.165) is 22.2 Å². The number of aromatic nitrogens is 1. The molecule has 1 aromatic heterocycles. The van der Waals surface area contributed by atoms with E-state index >= 15 is 0 Å². The van der Waals surface area contributed by atoms with Crippen LogP contribution in [0.4, 0.5) is 0 Å². The van der Waals surface area contributed by atoms with Gasteiger partial charge in [-0.25, -0.2) is 4.79 Å². The van der Waals surface area contributed by atoms with Crippen molar-refractivity contribution in [2.75, 3.05) is 0 Å². The molecule has 1 heterocycles. The Morgan fingerprint density at radius 3 is 2.63 bits per heavy atom. The van der Waals surface area contributed by atoms with E-state index in [9.17, 15) is 9.90 Å². The fraction of sp³-hybridized carbons (Fsp3) is 0.267. The van der Waals surface area contributed by atoms with E-state index in [1.807, 2.05) is 42.7 Å². The number of carbonyl (C=O) groups is 1. The van der Waals surface area contributed by atoms with Gasteiger partial charge in [-0.1, -0.05) is 35.0 Å². The highest BCUT2D eigenvalue weighted by Gasteiger charge is 2.16. The van der Waals surface area contributed by atoms with Crippen molar-refractivity contribution in [2.45, 2.75) is 26.8 Å². The first-order valence-electron chi connectivity index (χ1n) is 6.24. The van der Waals surface area contributed by atoms with Crippen molar-refractivity contribution in [3.8, 4) is 11.3 Å². The molecule has 100 valence electrons. The molecule has 0 aliphatic rings. The highest BCUT2D eigenvalue weighted by Crippen LogP contribution is 2.31. The average Bonchev–Trinajstić information content (AvgIpc) is 2.73. The number of carboxylic acid groups (broad SMARTS) is 1. The summed E-state index contributed by atoms with van der Waals surface area (Å²) in [6.45, 7) is 4.77. The van der Waals surface area contributed by atoms with E-state index in [4.69, 9.17) is 0 Å². The van der Waals surface area contributed by atoms with Crippen LogP contribution in [0, 0.1) is 6.92 Å². The highest BCUT2D eigenvalue weighted by molar-refractivity contribution is 9.10. The Labute approximate surface area is 121 Å². The number of benzene rings is 1. The Kier molecular flexibility index (Phi) is 4.10. The fourth-order valence-electron chi connectivity index (χ4n) is 2.18. The Bertz CT molecular complexity index is 617. The van der Waals surface area contributed by atoms with Gasteiger partial charge in [-0.15, -0.1) is 0 Å². The molecule has 2 rings (SSSR count). The normalized spacial score (nSPS) is 10.7. The van der Waals surface area contributed by atoms with Gasteiger partial charge >= 0.3 is 5.97 Å². The van der Waals surface area contributed by atoms with Crippen LogP contribution in [0.25, 0.3) is 11.3 Å². The molecule has 1 aromatic carbocycles. The van der Waals surface area contributed by atoms with Crippen LogP contribution in [0.2, 0.25) is 0 Å². The second kappa shape index (κ2) is 5.61. The molecule has 3 nitrogen and oxygen atoms in total. The van der Waals surface area contributed by atoms with E-state index < -0.39 is 5.97 Å². The van der Waals surface area contributed by atoms with Crippen LogP contribution in [0.3, 0.4) is 0 Å². The molecule has 0 amide bonds. The summed E-state index contributed by atoms with van der Waals surface area (Å²) >= 11 is 3.55. The van der Waals surface area contributed by atoms with Gasteiger partial charge < -0.3 is 9.67 Å². The van der Waals surface area contributed by atoms with Gasteiger partial charge in [0.15, 0.2) is 0 Å². The Morgan fingerprint density at radius 1 is 1.32 bits per heavy atom. The summed E-state index contributed by atoms with van der Waals surface area (Å²) in [6.07, 6.45) is 0.894. The second-order valence-corrected chi connectivity index (χ2v) is 5.40. The molecule has 0 fully saturated rings. The first-order valence-corrected chi connectivity index (χ1v) is 7.03. The summed E-state index contributed by atoms with van der Waals surface area (Å²) in [5, 5.41) is 9.23. The fourth-order valence-corrected chi connectivity index (χ4v) is 2.88. The lowest BCUT2D eigenvalue weighted by Crippen LogP contribution is -2.09. The third-order valence-corrected chi connectivity index (χ3v) is 3.70. The molecule has 1 N–H and O–H groups in total. The lowest BCUT2D eigenvalue weighted by molar-refractivity contribution is 0.0685. The third kappa shape index (κ3) is 2.73. The molecular formula is C15H16BrNO2. The molecule has 0 saturated heterocycles. The van der Waals surface area contributed by atoms with Crippen molar-refractivity contribution >= 4 is 21.9 Å².